The molecule has 1 aromatic carbocycles. The summed E-state index contributed by atoms with van der Waals surface area (Å²) in [7, 11) is 3.13. The van der Waals surface area contributed by atoms with E-state index in [-0.39, 0.29) is 6.54 Å². The lowest BCUT2D eigenvalue weighted by Gasteiger charge is -2.26. The minimum atomic E-state index is -1.36. The van der Waals surface area contributed by atoms with Crippen molar-refractivity contribution in [3.63, 3.8) is 0 Å². The van der Waals surface area contributed by atoms with Crippen LogP contribution in [0.3, 0.4) is 0 Å². The molecule has 148 valence electrons. The van der Waals surface area contributed by atoms with Crippen molar-refractivity contribution in [1.29, 1.82) is 0 Å². The molecule has 3 rings (SSSR count). The number of urea groups is 1. The number of benzene rings is 1. The Morgan fingerprint density at radius 2 is 2.00 bits per heavy atom. The van der Waals surface area contributed by atoms with E-state index in [0.717, 1.165) is 5.56 Å². The zero-order chi connectivity index (χ0) is 20.0. The van der Waals surface area contributed by atoms with Crippen LogP contribution in [0.1, 0.15) is 16.0 Å². The molecule has 0 spiro atoms. The van der Waals surface area contributed by atoms with Crippen LogP contribution in [0.2, 0.25) is 0 Å². The van der Waals surface area contributed by atoms with Crippen LogP contribution in [0, 0.1) is 0 Å². The molecule has 2 aromatic heterocycles. The Morgan fingerprint density at radius 3 is 2.64 bits per heavy atom. The predicted molar refractivity (Wildman–Crippen MR) is 106 cm³/mol. The number of furan rings is 1. The zero-order valence-electron chi connectivity index (χ0n) is 15.6. The van der Waals surface area contributed by atoms with Crippen molar-refractivity contribution in [2.24, 2.45) is 0 Å². The van der Waals surface area contributed by atoms with Crippen LogP contribution in [0.5, 0.6) is 11.5 Å². The summed E-state index contributed by atoms with van der Waals surface area (Å²) in [6.45, 7) is 0.306. The van der Waals surface area contributed by atoms with Crippen LogP contribution >= 0.6 is 11.3 Å². The first-order valence-corrected chi connectivity index (χ1v) is 9.46. The van der Waals surface area contributed by atoms with Crippen LogP contribution in [0.25, 0.3) is 0 Å². The van der Waals surface area contributed by atoms with Crippen LogP contribution in [-0.4, -0.2) is 31.9 Å². The van der Waals surface area contributed by atoms with Crippen molar-refractivity contribution in [3.8, 4) is 11.5 Å². The molecular formula is C20H22N2O5S. The molecule has 0 aliphatic rings. The van der Waals surface area contributed by atoms with Crippen molar-refractivity contribution in [2.45, 2.75) is 12.1 Å². The quantitative estimate of drug-likeness (QED) is 0.538. The van der Waals surface area contributed by atoms with Gasteiger partial charge in [-0.3, -0.25) is 0 Å². The lowest BCUT2D eigenvalue weighted by atomic mass is 9.94. The average Bonchev–Trinajstić information content (AvgIpc) is 3.44. The molecule has 1 atom stereocenters. The molecule has 0 aliphatic carbocycles. The summed E-state index contributed by atoms with van der Waals surface area (Å²) in [5, 5.41) is 18.5. The van der Waals surface area contributed by atoms with Crippen molar-refractivity contribution < 1.29 is 23.8 Å². The minimum absolute atomic E-state index is 0.00478. The molecule has 0 saturated carbocycles. The Bertz CT molecular complexity index is 859. The number of methoxy groups -OCH3 is 2. The Hall–Kier alpha value is -2.97. The summed E-state index contributed by atoms with van der Waals surface area (Å²) in [6.07, 6.45) is 2.97. The van der Waals surface area contributed by atoms with Gasteiger partial charge in [-0.15, -0.1) is 11.3 Å². The summed E-state index contributed by atoms with van der Waals surface area (Å²) >= 11 is 1.41. The second-order valence-electron chi connectivity index (χ2n) is 6.08. The minimum Gasteiger partial charge on any atom is -0.493 e. The van der Waals surface area contributed by atoms with E-state index in [2.05, 4.69) is 10.6 Å². The van der Waals surface area contributed by atoms with Gasteiger partial charge in [0.05, 0.1) is 33.3 Å². The zero-order valence-corrected chi connectivity index (χ0v) is 16.4. The highest BCUT2D eigenvalue weighted by molar-refractivity contribution is 7.10. The number of carbonyl (C=O) groups is 1. The number of aliphatic hydroxyl groups is 1. The van der Waals surface area contributed by atoms with Crippen LogP contribution in [0.4, 0.5) is 4.79 Å². The topological polar surface area (TPSA) is 93.0 Å². The molecule has 0 bridgehead atoms. The first-order chi connectivity index (χ1) is 13.6. The third kappa shape index (κ3) is 4.29. The van der Waals surface area contributed by atoms with E-state index >= 15 is 0 Å². The molecule has 0 radical (unpaired) electrons. The van der Waals surface area contributed by atoms with Crippen molar-refractivity contribution in [2.75, 3.05) is 20.8 Å². The third-order valence-electron chi connectivity index (χ3n) is 4.33. The molecular weight excluding hydrogens is 380 g/mol. The molecule has 0 aliphatic heterocycles. The van der Waals surface area contributed by atoms with E-state index < -0.39 is 11.6 Å². The molecule has 28 heavy (non-hydrogen) atoms. The van der Waals surface area contributed by atoms with Gasteiger partial charge in [0, 0.05) is 17.0 Å². The molecule has 2 amide bonds. The fourth-order valence-electron chi connectivity index (χ4n) is 2.79. The van der Waals surface area contributed by atoms with E-state index in [9.17, 15) is 9.90 Å². The van der Waals surface area contributed by atoms with Crippen LogP contribution in [-0.2, 0) is 12.1 Å². The second-order valence-corrected chi connectivity index (χ2v) is 7.02. The van der Waals surface area contributed by atoms with Crippen molar-refractivity contribution >= 4 is 17.4 Å². The van der Waals surface area contributed by atoms with Crippen LogP contribution in [0.15, 0.2) is 58.7 Å². The molecule has 0 saturated heterocycles. The van der Waals surface area contributed by atoms with Gasteiger partial charge in [0.15, 0.2) is 11.5 Å². The first-order valence-electron chi connectivity index (χ1n) is 8.58. The SMILES string of the molecule is COc1ccc(CNC(=O)NCC(O)(c2ccoc2)c2cccs2)cc1OC. The van der Waals surface area contributed by atoms with Crippen molar-refractivity contribution in [1.82, 2.24) is 10.6 Å². The van der Waals surface area contributed by atoms with Gasteiger partial charge in [0.25, 0.3) is 0 Å². The van der Waals surface area contributed by atoms with E-state index in [4.69, 9.17) is 13.9 Å². The fourth-order valence-corrected chi connectivity index (χ4v) is 3.63. The molecule has 3 N–H and O–H groups in total. The first kappa shape index (κ1) is 19.8. The van der Waals surface area contributed by atoms with Gasteiger partial charge < -0.3 is 29.6 Å². The van der Waals surface area contributed by atoms with Gasteiger partial charge in [0.1, 0.15) is 5.60 Å². The third-order valence-corrected chi connectivity index (χ3v) is 5.35. The number of nitrogens with one attached hydrogen (secondary N) is 2. The van der Waals surface area contributed by atoms with E-state index in [0.29, 0.717) is 28.5 Å². The second kappa shape index (κ2) is 8.81. The van der Waals surface area contributed by atoms with Gasteiger partial charge in [-0.05, 0) is 35.2 Å². The molecule has 1 unspecified atom stereocenters. The van der Waals surface area contributed by atoms with Crippen molar-refractivity contribution in [3.05, 3.63) is 70.3 Å². The average molecular weight is 402 g/mol. The maximum atomic E-state index is 12.3. The Balaban J connectivity index is 1.61. The van der Waals surface area contributed by atoms with Gasteiger partial charge in [-0.1, -0.05) is 12.1 Å². The number of ether oxygens (including phenoxy) is 2. The van der Waals surface area contributed by atoms with Crippen LogP contribution < -0.4 is 20.1 Å². The molecule has 2 heterocycles. The summed E-state index contributed by atoms with van der Waals surface area (Å²) in [5.41, 5.74) is 0.0771. The molecule has 3 aromatic rings. The number of amides is 2. The van der Waals surface area contributed by atoms with E-state index in [1.54, 1.807) is 32.4 Å². The summed E-state index contributed by atoms with van der Waals surface area (Å²) in [4.78, 5) is 13.0. The van der Waals surface area contributed by atoms with Gasteiger partial charge in [-0.25, -0.2) is 4.79 Å². The van der Waals surface area contributed by atoms with Gasteiger partial charge in [-0.2, -0.15) is 0 Å². The molecule has 0 fully saturated rings. The standard InChI is InChI=1S/C20H22N2O5S/c1-25-16-6-5-14(10-17(16)26-2)11-21-19(23)22-13-20(24,15-7-8-27-12-15)18-4-3-9-28-18/h3-10,12,24H,11,13H2,1-2H3,(H2,21,22,23). The highest BCUT2D eigenvalue weighted by Gasteiger charge is 2.34. The summed E-state index contributed by atoms with van der Waals surface area (Å²) in [6, 6.07) is 10.4. The Labute approximate surface area is 166 Å². The van der Waals surface area contributed by atoms with Gasteiger partial charge >= 0.3 is 6.03 Å². The highest BCUT2D eigenvalue weighted by atomic mass is 32.1. The number of carbonyl (C=O) groups excluding carboxylic acids is 1. The molecule has 7 nitrogen and oxygen atoms in total. The lowest BCUT2D eigenvalue weighted by Crippen LogP contribution is -2.44. The largest absolute Gasteiger partial charge is 0.493 e. The number of rotatable bonds is 8. The number of hydrogen-bond acceptors (Lipinski definition) is 6. The number of thiophene rings is 1. The number of hydrogen-bond donors (Lipinski definition) is 3. The smallest absolute Gasteiger partial charge is 0.315 e. The predicted octanol–water partition coefficient (Wildman–Crippen LogP) is 3.09. The van der Waals surface area contributed by atoms with E-state index in [1.165, 1.54) is 23.9 Å². The van der Waals surface area contributed by atoms with Gasteiger partial charge in [0.2, 0.25) is 0 Å². The summed E-state index contributed by atoms with van der Waals surface area (Å²) in [5.74, 6) is 1.21. The maximum Gasteiger partial charge on any atom is 0.315 e. The van der Waals surface area contributed by atoms with E-state index in [1.807, 2.05) is 23.6 Å². The molecule has 8 heteroatoms. The lowest BCUT2D eigenvalue weighted by molar-refractivity contribution is 0.0852. The summed E-state index contributed by atoms with van der Waals surface area (Å²) < 4.78 is 15.6. The highest BCUT2D eigenvalue weighted by Crippen LogP contribution is 2.32. The fraction of sp³-hybridized carbons (Fsp3) is 0.250. The Morgan fingerprint density at radius 1 is 1.18 bits per heavy atom. The normalized spacial score (nSPS) is 12.8. The Kier molecular flexibility index (Phi) is 6.23. The maximum absolute atomic E-state index is 12.3. The monoisotopic (exact) mass is 402 g/mol.